The average molecular weight is 468 g/mol. The molecule has 3 N–H and O–H groups in total. The molecule has 0 atom stereocenters. The van der Waals surface area contributed by atoms with E-state index in [-0.39, 0.29) is 23.7 Å². The average Bonchev–Trinajstić information content (AvgIpc) is 3.28. The van der Waals surface area contributed by atoms with Crippen LogP contribution in [0.15, 0.2) is 45.4 Å². The van der Waals surface area contributed by atoms with E-state index in [9.17, 15) is 9.59 Å². The second-order valence-corrected chi connectivity index (χ2v) is 7.02. The van der Waals surface area contributed by atoms with Crippen LogP contribution in [-0.4, -0.2) is 21.6 Å². The van der Waals surface area contributed by atoms with Crippen LogP contribution in [0, 0.1) is 0 Å². The Kier molecular flexibility index (Phi) is 6.05. The Labute approximate surface area is 173 Å². The maximum atomic E-state index is 12.4. The van der Waals surface area contributed by atoms with E-state index in [2.05, 4.69) is 26.3 Å². The number of furan rings is 1. The highest BCUT2D eigenvalue weighted by Crippen LogP contribution is 2.28. The lowest BCUT2D eigenvalue weighted by molar-refractivity contribution is 0.0992. The van der Waals surface area contributed by atoms with E-state index < -0.39 is 11.8 Å². The first-order valence-electron chi connectivity index (χ1n) is 8.22. The summed E-state index contributed by atoms with van der Waals surface area (Å²) in [5.74, 6) is -0.289. The maximum Gasteiger partial charge on any atom is 0.291 e. The number of aryl methyl sites for hydroxylation is 1. The summed E-state index contributed by atoms with van der Waals surface area (Å²) in [6.45, 7) is 2.46. The number of nitrogens with two attached hydrogens (primary N) is 1. The van der Waals surface area contributed by atoms with Crippen molar-refractivity contribution in [3.63, 3.8) is 0 Å². The number of nitrogens with one attached hydrogen (secondary N) is 1. The van der Waals surface area contributed by atoms with Crippen LogP contribution in [0.1, 0.15) is 33.7 Å². The molecule has 0 radical (unpaired) electrons. The Morgan fingerprint density at radius 1 is 1.36 bits per heavy atom. The molecule has 1 aromatic carbocycles. The molecule has 0 aliphatic carbocycles. The minimum absolute atomic E-state index is 0.0183. The summed E-state index contributed by atoms with van der Waals surface area (Å²) in [7, 11) is 0. The molecule has 3 aromatic rings. The smallest absolute Gasteiger partial charge is 0.291 e. The van der Waals surface area contributed by atoms with Gasteiger partial charge in [0.25, 0.3) is 11.8 Å². The molecule has 0 spiro atoms. The van der Waals surface area contributed by atoms with Crippen molar-refractivity contribution in [2.75, 3.05) is 5.32 Å². The number of aromatic nitrogens is 2. The van der Waals surface area contributed by atoms with Crippen LogP contribution in [-0.2, 0) is 13.2 Å². The van der Waals surface area contributed by atoms with E-state index in [1.165, 1.54) is 16.9 Å². The van der Waals surface area contributed by atoms with Gasteiger partial charge in [0.05, 0.1) is 10.7 Å². The number of benzene rings is 1. The van der Waals surface area contributed by atoms with Gasteiger partial charge in [0.2, 0.25) is 0 Å². The number of anilines is 1. The van der Waals surface area contributed by atoms with Gasteiger partial charge in [0, 0.05) is 17.2 Å². The fourth-order valence-electron chi connectivity index (χ4n) is 2.36. The molecule has 0 aliphatic rings. The number of amides is 2. The largest absolute Gasteiger partial charge is 0.484 e. The lowest BCUT2D eigenvalue weighted by atomic mass is 10.3. The Hall–Kier alpha value is -2.78. The first-order valence-corrected chi connectivity index (χ1v) is 9.39. The fourth-order valence-corrected chi connectivity index (χ4v) is 3.09. The minimum Gasteiger partial charge on any atom is -0.484 e. The van der Waals surface area contributed by atoms with Crippen molar-refractivity contribution in [2.45, 2.75) is 20.1 Å². The van der Waals surface area contributed by atoms with Crippen molar-refractivity contribution < 1.29 is 18.7 Å². The second-order valence-electron chi connectivity index (χ2n) is 5.69. The number of ether oxygens (including phenoxy) is 1. The van der Waals surface area contributed by atoms with Gasteiger partial charge in [-0.3, -0.25) is 14.3 Å². The molecule has 0 saturated heterocycles. The van der Waals surface area contributed by atoms with E-state index in [1.807, 2.05) is 6.92 Å². The maximum absolute atomic E-state index is 12.4. The van der Waals surface area contributed by atoms with E-state index in [1.54, 1.807) is 24.3 Å². The zero-order valence-electron chi connectivity index (χ0n) is 14.7. The van der Waals surface area contributed by atoms with Crippen LogP contribution < -0.4 is 15.8 Å². The number of carbonyl (C=O) groups is 2. The molecule has 3 rings (SSSR count). The van der Waals surface area contributed by atoms with Crippen molar-refractivity contribution in [1.29, 1.82) is 0 Å². The van der Waals surface area contributed by atoms with Gasteiger partial charge in [0.15, 0.2) is 11.5 Å². The molecule has 0 saturated carbocycles. The van der Waals surface area contributed by atoms with E-state index in [0.29, 0.717) is 23.1 Å². The third-order valence-corrected chi connectivity index (χ3v) is 4.51. The Bertz CT molecular complexity index is 1030. The van der Waals surface area contributed by atoms with Gasteiger partial charge in [0.1, 0.15) is 18.1 Å². The summed E-state index contributed by atoms with van der Waals surface area (Å²) in [5.41, 5.74) is 5.50. The highest BCUT2D eigenvalue weighted by Gasteiger charge is 2.19. The number of halogens is 2. The zero-order chi connectivity index (χ0) is 20.3. The minimum atomic E-state index is -0.734. The topological polar surface area (TPSA) is 112 Å². The zero-order valence-corrected chi connectivity index (χ0v) is 17.1. The molecule has 0 unspecified atom stereocenters. The predicted octanol–water partition coefficient (Wildman–Crippen LogP) is 3.84. The van der Waals surface area contributed by atoms with Gasteiger partial charge in [-0.05, 0) is 37.3 Å². The molecular formula is C18H16BrClN4O4. The number of primary amides is 1. The van der Waals surface area contributed by atoms with E-state index >= 15 is 0 Å². The van der Waals surface area contributed by atoms with Crippen molar-refractivity contribution >= 4 is 45.0 Å². The molecule has 2 heterocycles. The van der Waals surface area contributed by atoms with Crippen LogP contribution in [0.5, 0.6) is 5.75 Å². The fraction of sp³-hybridized carbons (Fsp3) is 0.167. The summed E-state index contributed by atoms with van der Waals surface area (Å²) in [5, 5.41) is 7.05. The van der Waals surface area contributed by atoms with E-state index in [0.717, 1.165) is 4.47 Å². The van der Waals surface area contributed by atoms with Crippen molar-refractivity contribution in [3.8, 4) is 5.75 Å². The van der Waals surface area contributed by atoms with Gasteiger partial charge < -0.3 is 20.2 Å². The van der Waals surface area contributed by atoms with Crippen molar-refractivity contribution in [1.82, 2.24) is 9.78 Å². The molecule has 8 nitrogen and oxygen atoms in total. The lowest BCUT2D eigenvalue weighted by Crippen LogP contribution is -2.17. The second kappa shape index (κ2) is 8.49. The third-order valence-electron chi connectivity index (χ3n) is 3.72. The van der Waals surface area contributed by atoms with E-state index in [4.69, 9.17) is 26.5 Å². The summed E-state index contributed by atoms with van der Waals surface area (Å²) in [4.78, 5) is 23.9. The predicted molar refractivity (Wildman–Crippen MR) is 107 cm³/mol. The molecule has 146 valence electrons. The Morgan fingerprint density at radius 3 is 2.82 bits per heavy atom. The van der Waals surface area contributed by atoms with Crippen LogP contribution in [0.4, 0.5) is 5.69 Å². The van der Waals surface area contributed by atoms with Crippen LogP contribution in [0.25, 0.3) is 0 Å². The lowest BCUT2D eigenvalue weighted by Gasteiger charge is -2.06. The highest BCUT2D eigenvalue weighted by atomic mass is 79.9. The van der Waals surface area contributed by atoms with Gasteiger partial charge in [-0.15, -0.1) is 0 Å². The molecule has 0 bridgehead atoms. The standard InChI is InChI=1S/C18H16BrClN4O4/c1-2-24-8-13(16(23-24)17(21)25)22-18(26)15-6-4-11(28-15)9-27-14-5-3-10(19)7-12(14)20/h3-8H,2,9H2,1H3,(H2,21,25)(H,22,26). The molecule has 10 heteroatoms. The third kappa shape index (κ3) is 4.55. The van der Waals surface area contributed by atoms with Crippen molar-refractivity contribution in [3.05, 3.63) is 63.2 Å². The van der Waals surface area contributed by atoms with Gasteiger partial charge >= 0.3 is 0 Å². The SMILES string of the molecule is CCn1cc(NC(=O)c2ccc(COc3ccc(Br)cc3Cl)o2)c(C(N)=O)n1. The number of hydrogen-bond donors (Lipinski definition) is 2. The summed E-state index contributed by atoms with van der Waals surface area (Å²) >= 11 is 9.42. The number of hydrogen-bond acceptors (Lipinski definition) is 5. The summed E-state index contributed by atoms with van der Waals surface area (Å²) < 4.78 is 13.4. The van der Waals surface area contributed by atoms with Crippen molar-refractivity contribution in [2.24, 2.45) is 5.73 Å². The van der Waals surface area contributed by atoms with Gasteiger partial charge in [-0.1, -0.05) is 27.5 Å². The molecular weight excluding hydrogens is 452 g/mol. The first-order chi connectivity index (χ1) is 13.4. The molecule has 0 aliphatic heterocycles. The number of rotatable bonds is 7. The molecule has 2 aromatic heterocycles. The van der Waals surface area contributed by atoms with Crippen LogP contribution in [0.2, 0.25) is 5.02 Å². The van der Waals surface area contributed by atoms with Crippen LogP contribution in [0.3, 0.4) is 0 Å². The molecule has 2 amide bonds. The Morgan fingerprint density at radius 2 is 2.14 bits per heavy atom. The Balaban J connectivity index is 1.67. The first kappa shape index (κ1) is 20.0. The monoisotopic (exact) mass is 466 g/mol. The molecule has 28 heavy (non-hydrogen) atoms. The highest BCUT2D eigenvalue weighted by molar-refractivity contribution is 9.10. The van der Waals surface area contributed by atoms with Gasteiger partial charge in [-0.25, -0.2) is 0 Å². The number of carbonyl (C=O) groups excluding carboxylic acids is 2. The summed E-state index contributed by atoms with van der Waals surface area (Å²) in [6, 6.07) is 8.36. The normalized spacial score (nSPS) is 10.7. The van der Waals surface area contributed by atoms with Gasteiger partial charge in [-0.2, -0.15) is 5.10 Å². The quantitative estimate of drug-likeness (QED) is 0.548. The number of nitrogens with zero attached hydrogens (tertiary/aromatic N) is 2. The molecule has 0 fully saturated rings. The van der Waals surface area contributed by atoms with Crippen LogP contribution >= 0.6 is 27.5 Å². The summed E-state index contributed by atoms with van der Waals surface area (Å²) in [6.07, 6.45) is 1.53.